The first-order valence-electron chi connectivity index (χ1n) is 6.28. The molecule has 0 heterocycles. The van der Waals surface area contributed by atoms with Crippen molar-refractivity contribution < 1.29 is 13.6 Å². The molecular weight excluding hydrogens is 316 g/mol. The van der Waals surface area contributed by atoms with E-state index in [1.165, 1.54) is 4.90 Å². The van der Waals surface area contributed by atoms with Gasteiger partial charge in [-0.25, -0.2) is 8.78 Å². The molecule has 0 aromatic heterocycles. The summed E-state index contributed by atoms with van der Waals surface area (Å²) in [6.45, 7) is 1.69. The molecule has 0 aliphatic carbocycles. The molecule has 0 N–H and O–H groups in total. The molecule has 1 rings (SSSR count). The number of alkyl halides is 3. The molecule has 1 aromatic carbocycles. The van der Waals surface area contributed by atoms with E-state index < -0.39 is 13.0 Å². The first kappa shape index (κ1) is 16.1. The highest BCUT2D eigenvalue weighted by Crippen LogP contribution is 2.22. The maximum atomic E-state index is 12.5. The van der Waals surface area contributed by atoms with E-state index in [0.29, 0.717) is 18.3 Å². The summed E-state index contributed by atoms with van der Waals surface area (Å²) in [4.78, 5) is 13.6. The maximum Gasteiger partial charge on any atom is 0.255 e. The zero-order valence-corrected chi connectivity index (χ0v) is 12.4. The van der Waals surface area contributed by atoms with Gasteiger partial charge in [-0.05, 0) is 12.0 Å². The molecule has 0 aliphatic rings. The lowest BCUT2D eigenvalue weighted by atomic mass is 9.95. The van der Waals surface area contributed by atoms with Crippen LogP contribution in [0.5, 0.6) is 0 Å². The van der Waals surface area contributed by atoms with Gasteiger partial charge in [0, 0.05) is 11.9 Å². The van der Waals surface area contributed by atoms with Crippen LogP contribution < -0.4 is 0 Å². The fourth-order valence-corrected chi connectivity index (χ4v) is 2.45. The van der Waals surface area contributed by atoms with Crippen LogP contribution >= 0.6 is 15.9 Å². The molecule has 1 atom stereocenters. The van der Waals surface area contributed by atoms with Crippen LogP contribution in [0.15, 0.2) is 30.3 Å². The number of rotatable bonds is 7. The van der Waals surface area contributed by atoms with Crippen molar-refractivity contribution in [2.24, 2.45) is 0 Å². The van der Waals surface area contributed by atoms with E-state index in [4.69, 9.17) is 0 Å². The normalized spacial score (nSPS) is 12.5. The van der Waals surface area contributed by atoms with Gasteiger partial charge in [0.1, 0.15) is 0 Å². The molecule has 0 radical (unpaired) electrons. The van der Waals surface area contributed by atoms with E-state index in [9.17, 15) is 13.6 Å². The number of carbonyl (C=O) groups is 1. The van der Waals surface area contributed by atoms with Gasteiger partial charge in [0.15, 0.2) is 0 Å². The van der Waals surface area contributed by atoms with Gasteiger partial charge in [-0.1, -0.05) is 53.2 Å². The van der Waals surface area contributed by atoms with Crippen LogP contribution in [-0.2, 0) is 4.79 Å². The number of halogens is 3. The summed E-state index contributed by atoms with van der Waals surface area (Å²) in [5.41, 5.74) is 0.879. The average Bonchev–Trinajstić information content (AvgIpc) is 2.39. The lowest BCUT2D eigenvalue weighted by Crippen LogP contribution is -2.39. The Kier molecular flexibility index (Phi) is 6.99. The van der Waals surface area contributed by atoms with Crippen LogP contribution in [0.3, 0.4) is 0 Å². The van der Waals surface area contributed by atoms with Crippen LogP contribution in [0.2, 0.25) is 0 Å². The van der Waals surface area contributed by atoms with Crippen LogP contribution in [0, 0.1) is 0 Å². The first-order chi connectivity index (χ1) is 9.10. The van der Waals surface area contributed by atoms with Crippen LogP contribution in [0.1, 0.15) is 24.8 Å². The molecule has 5 heteroatoms. The smallest absolute Gasteiger partial charge is 0.255 e. The molecule has 19 heavy (non-hydrogen) atoms. The number of benzene rings is 1. The lowest BCUT2D eigenvalue weighted by Gasteiger charge is -2.26. The molecule has 2 nitrogen and oxygen atoms in total. The monoisotopic (exact) mass is 333 g/mol. The summed E-state index contributed by atoms with van der Waals surface area (Å²) in [6.07, 6.45) is -1.90. The minimum absolute atomic E-state index is 0.228. The second-order valence-electron chi connectivity index (χ2n) is 4.24. The first-order valence-corrected chi connectivity index (χ1v) is 7.40. The molecule has 0 bridgehead atoms. The number of amides is 1. The van der Waals surface area contributed by atoms with E-state index in [-0.39, 0.29) is 11.8 Å². The Morgan fingerprint density at radius 2 is 1.95 bits per heavy atom. The predicted octanol–water partition coefficient (Wildman–Crippen LogP) is 3.67. The van der Waals surface area contributed by atoms with Crippen molar-refractivity contribution >= 4 is 21.8 Å². The summed E-state index contributed by atoms with van der Waals surface area (Å²) in [5.74, 6) is -0.576. The van der Waals surface area contributed by atoms with Crippen molar-refractivity contribution in [2.45, 2.75) is 25.7 Å². The second-order valence-corrected chi connectivity index (χ2v) is 5.03. The van der Waals surface area contributed by atoms with Crippen molar-refractivity contribution in [1.29, 1.82) is 0 Å². The van der Waals surface area contributed by atoms with Gasteiger partial charge >= 0.3 is 0 Å². The zero-order chi connectivity index (χ0) is 14.3. The molecule has 1 unspecified atom stereocenters. The Morgan fingerprint density at radius 1 is 1.32 bits per heavy atom. The molecule has 0 saturated carbocycles. The number of carbonyl (C=O) groups excluding carboxylic acids is 1. The zero-order valence-electron chi connectivity index (χ0n) is 10.9. The highest BCUT2D eigenvalue weighted by Gasteiger charge is 2.25. The average molecular weight is 334 g/mol. The van der Waals surface area contributed by atoms with Gasteiger partial charge in [-0.3, -0.25) is 4.79 Å². The summed E-state index contributed by atoms with van der Waals surface area (Å²) >= 11 is 3.20. The highest BCUT2D eigenvalue weighted by atomic mass is 79.9. The number of hydrogen-bond acceptors (Lipinski definition) is 1. The Labute approximate surface area is 120 Å². The fourth-order valence-electron chi connectivity index (χ4n) is 2.02. The molecule has 0 fully saturated rings. The fraction of sp³-hybridized carbons (Fsp3) is 0.500. The Bertz CT molecular complexity index is 386. The molecular formula is C14H18BrF2NO. The van der Waals surface area contributed by atoms with E-state index in [1.54, 1.807) is 0 Å². The third-order valence-electron chi connectivity index (χ3n) is 2.93. The van der Waals surface area contributed by atoms with E-state index >= 15 is 0 Å². The lowest BCUT2D eigenvalue weighted by molar-refractivity contribution is -0.134. The summed E-state index contributed by atoms with van der Waals surface area (Å²) in [6, 6.07) is 9.30. The summed E-state index contributed by atoms with van der Waals surface area (Å²) in [7, 11) is 0. The van der Waals surface area contributed by atoms with E-state index in [1.807, 2.05) is 37.3 Å². The molecule has 106 valence electrons. The van der Waals surface area contributed by atoms with Gasteiger partial charge < -0.3 is 4.90 Å². The molecule has 0 saturated heterocycles. The van der Waals surface area contributed by atoms with Crippen molar-refractivity contribution in [3.63, 3.8) is 0 Å². The van der Waals surface area contributed by atoms with Gasteiger partial charge in [-0.2, -0.15) is 0 Å². The molecule has 0 aliphatic heterocycles. The Balaban J connectivity index is 2.86. The quantitative estimate of drug-likeness (QED) is 0.697. The maximum absolute atomic E-state index is 12.5. The van der Waals surface area contributed by atoms with Crippen molar-refractivity contribution in [3.05, 3.63) is 35.9 Å². The van der Waals surface area contributed by atoms with Crippen LogP contribution in [-0.4, -0.2) is 35.7 Å². The minimum atomic E-state index is -2.50. The van der Waals surface area contributed by atoms with Crippen molar-refractivity contribution in [3.8, 4) is 0 Å². The van der Waals surface area contributed by atoms with E-state index in [2.05, 4.69) is 15.9 Å². The van der Waals surface area contributed by atoms with Crippen molar-refractivity contribution in [1.82, 2.24) is 4.90 Å². The van der Waals surface area contributed by atoms with Crippen molar-refractivity contribution in [2.75, 3.05) is 18.4 Å². The predicted molar refractivity (Wildman–Crippen MR) is 75.9 cm³/mol. The third kappa shape index (κ3) is 4.90. The largest absolute Gasteiger partial charge is 0.336 e. The Morgan fingerprint density at radius 3 is 2.42 bits per heavy atom. The van der Waals surface area contributed by atoms with Gasteiger partial charge in [0.2, 0.25) is 5.91 Å². The second kappa shape index (κ2) is 8.25. The van der Waals surface area contributed by atoms with Gasteiger partial charge in [0.05, 0.1) is 12.5 Å². The molecule has 0 spiro atoms. The molecule has 1 amide bonds. The minimum Gasteiger partial charge on any atom is -0.336 e. The SMILES string of the molecule is CCC(C(=O)N(CCBr)CC(F)F)c1ccccc1. The van der Waals surface area contributed by atoms with E-state index in [0.717, 1.165) is 5.56 Å². The number of nitrogens with zero attached hydrogens (tertiary/aromatic N) is 1. The molecule has 1 aromatic rings. The highest BCUT2D eigenvalue weighted by molar-refractivity contribution is 9.09. The Hall–Kier alpha value is -0.970. The number of hydrogen-bond donors (Lipinski definition) is 0. The summed E-state index contributed by atoms with van der Waals surface area (Å²) in [5, 5.41) is 0.497. The van der Waals surface area contributed by atoms with Crippen LogP contribution in [0.4, 0.5) is 8.78 Å². The summed E-state index contributed by atoms with van der Waals surface area (Å²) < 4.78 is 25.1. The van der Waals surface area contributed by atoms with Crippen LogP contribution in [0.25, 0.3) is 0 Å². The standard InChI is InChI=1S/C14H18BrF2NO/c1-2-12(11-6-4-3-5-7-11)14(19)18(9-8-15)10-13(16)17/h3-7,12-13H,2,8-10H2,1H3. The third-order valence-corrected chi connectivity index (χ3v) is 3.29. The topological polar surface area (TPSA) is 20.3 Å². The van der Waals surface area contributed by atoms with Gasteiger partial charge in [0.25, 0.3) is 6.43 Å². The van der Waals surface area contributed by atoms with Gasteiger partial charge in [-0.15, -0.1) is 0 Å².